The number of rotatable bonds is 9. The van der Waals surface area contributed by atoms with Gasteiger partial charge in [0.1, 0.15) is 23.7 Å². The average Bonchev–Trinajstić information content (AvgIpc) is 3.65. The third-order valence-corrected chi connectivity index (χ3v) is 9.92. The van der Waals surface area contributed by atoms with Gasteiger partial charge >= 0.3 is 12.3 Å². The number of aliphatic carboxylic acids is 1. The lowest BCUT2D eigenvalue weighted by Crippen LogP contribution is -2.48. The summed E-state index contributed by atoms with van der Waals surface area (Å²) in [6, 6.07) is 0.949. The number of sulfonamides is 1. The van der Waals surface area contributed by atoms with Crippen LogP contribution in [0.3, 0.4) is 0 Å². The van der Waals surface area contributed by atoms with Crippen LogP contribution in [-0.4, -0.2) is 78.3 Å². The van der Waals surface area contributed by atoms with Crippen molar-refractivity contribution in [3.63, 3.8) is 0 Å². The van der Waals surface area contributed by atoms with Crippen molar-refractivity contribution in [2.45, 2.75) is 48.3 Å². The molecule has 2 aliphatic heterocycles. The molecular weight excluding hydrogens is 625 g/mol. The number of nitrogens with zero attached hydrogens (tertiary/aromatic N) is 4. The van der Waals surface area contributed by atoms with E-state index in [1.54, 1.807) is 0 Å². The van der Waals surface area contributed by atoms with E-state index in [-0.39, 0.29) is 46.3 Å². The Labute approximate surface area is 248 Å². The number of carbonyl (C=O) groups is 2. The molecule has 4 heterocycles. The maximum absolute atomic E-state index is 13.2. The standard InChI is InChI=1S/C24H25F3N6O6S2.ClH/c25-24(26,27)39-18-11-15-13(3-5-29-20(15)28)9-14(18)10-17(22(35)36)33-8-4-16(21(33)34)31-41(37,38)19-12-30-23(40-19)32-6-1-2-7-32;/h3,5,9,11-12,16-17,31H,1-2,4,6-8,10H2,(H2,28,29)(H,35,36);1H/t16-,17+;/m0./s1. The summed E-state index contributed by atoms with van der Waals surface area (Å²) in [5.74, 6) is -3.02. The lowest BCUT2D eigenvalue weighted by atomic mass is 10.00. The topological polar surface area (TPSA) is 168 Å². The second-order valence-electron chi connectivity index (χ2n) is 9.63. The maximum atomic E-state index is 13.2. The monoisotopic (exact) mass is 650 g/mol. The predicted octanol–water partition coefficient (Wildman–Crippen LogP) is 2.77. The highest BCUT2D eigenvalue weighted by molar-refractivity contribution is 7.91. The van der Waals surface area contributed by atoms with Crippen LogP contribution in [-0.2, 0) is 26.0 Å². The van der Waals surface area contributed by atoms with Gasteiger partial charge in [-0.2, -0.15) is 4.72 Å². The quantitative estimate of drug-likeness (QED) is 0.313. The first-order valence-electron chi connectivity index (χ1n) is 12.5. The van der Waals surface area contributed by atoms with E-state index < -0.39 is 52.5 Å². The Morgan fingerprint density at radius 1 is 1.24 bits per heavy atom. The van der Waals surface area contributed by atoms with Gasteiger partial charge in [-0.15, -0.1) is 25.6 Å². The van der Waals surface area contributed by atoms with Crippen molar-refractivity contribution in [1.82, 2.24) is 19.6 Å². The Bertz CT molecular complexity index is 1600. The summed E-state index contributed by atoms with van der Waals surface area (Å²) in [6.45, 7) is 1.40. The minimum Gasteiger partial charge on any atom is -0.480 e. The highest BCUT2D eigenvalue weighted by Gasteiger charge is 2.42. The van der Waals surface area contributed by atoms with Gasteiger partial charge in [-0.3, -0.25) is 4.79 Å². The van der Waals surface area contributed by atoms with Crippen LogP contribution in [0.2, 0.25) is 0 Å². The molecular formula is C24H26ClF3N6O6S2. The number of fused-ring (bicyclic) bond motifs is 1. The van der Waals surface area contributed by atoms with Gasteiger partial charge in [0.2, 0.25) is 5.91 Å². The van der Waals surface area contributed by atoms with Gasteiger partial charge in [-0.1, -0.05) is 11.3 Å². The van der Waals surface area contributed by atoms with Crippen LogP contribution in [0.15, 0.2) is 34.8 Å². The first kappa shape index (κ1) is 31.5. The number of carboxylic acids is 1. The molecule has 228 valence electrons. The van der Waals surface area contributed by atoms with Gasteiger partial charge in [0, 0.05) is 37.6 Å². The zero-order chi connectivity index (χ0) is 29.5. The fraction of sp³-hybridized carbons (Fsp3) is 0.417. The lowest BCUT2D eigenvalue weighted by Gasteiger charge is -2.26. The lowest BCUT2D eigenvalue weighted by molar-refractivity contribution is -0.274. The molecule has 2 aromatic heterocycles. The minimum atomic E-state index is -5.09. The van der Waals surface area contributed by atoms with Crippen molar-refractivity contribution in [2.75, 3.05) is 30.3 Å². The molecule has 12 nitrogen and oxygen atoms in total. The van der Waals surface area contributed by atoms with Crippen molar-refractivity contribution < 1.29 is 41.0 Å². The van der Waals surface area contributed by atoms with Gasteiger partial charge in [-0.05, 0) is 48.4 Å². The number of carbonyl (C=O) groups excluding carboxylic acids is 1. The summed E-state index contributed by atoms with van der Waals surface area (Å²) >= 11 is 0.970. The van der Waals surface area contributed by atoms with Gasteiger partial charge in [0.15, 0.2) is 9.34 Å². The molecule has 2 aliphatic rings. The number of alkyl halides is 3. The van der Waals surface area contributed by atoms with Crippen LogP contribution in [0.1, 0.15) is 24.8 Å². The summed E-state index contributed by atoms with van der Waals surface area (Å²) in [5, 5.41) is 11.1. The zero-order valence-corrected chi connectivity index (χ0v) is 24.2. The number of anilines is 2. The molecule has 0 spiro atoms. The largest absolute Gasteiger partial charge is 0.573 e. The molecule has 0 saturated carbocycles. The van der Waals surface area contributed by atoms with E-state index in [4.69, 9.17) is 5.73 Å². The number of ether oxygens (including phenoxy) is 1. The molecule has 0 aliphatic carbocycles. The van der Waals surface area contributed by atoms with Crippen molar-refractivity contribution in [1.29, 1.82) is 0 Å². The number of halogens is 4. The summed E-state index contributed by atoms with van der Waals surface area (Å²) < 4.78 is 72.0. The summed E-state index contributed by atoms with van der Waals surface area (Å²) in [7, 11) is -4.15. The number of thiazole rings is 1. The molecule has 42 heavy (non-hydrogen) atoms. The molecule has 5 rings (SSSR count). The summed E-state index contributed by atoms with van der Waals surface area (Å²) in [5.41, 5.74) is 5.65. The predicted molar refractivity (Wildman–Crippen MR) is 149 cm³/mol. The van der Waals surface area contributed by atoms with E-state index in [1.807, 2.05) is 4.90 Å². The highest BCUT2D eigenvalue weighted by Crippen LogP contribution is 2.34. The molecule has 2 atom stereocenters. The number of hydrogen-bond acceptors (Lipinski definition) is 10. The number of aromatic nitrogens is 2. The number of nitrogen functional groups attached to an aromatic ring is 1. The normalized spacial score (nSPS) is 18.4. The maximum Gasteiger partial charge on any atom is 0.573 e. The Kier molecular flexibility index (Phi) is 9.05. The van der Waals surface area contributed by atoms with E-state index in [2.05, 4.69) is 19.4 Å². The van der Waals surface area contributed by atoms with Crippen LogP contribution >= 0.6 is 23.7 Å². The molecule has 1 amide bonds. The zero-order valence-electron chi connectivity index (χ0n) is 21.7. The van der Waals surface area contributed by atoms with E-state index in [0.717, 1.165) is 48.2 Å². The first-order chi connectivity index (χ1) is 19.3. The molecule has 0 unspecified atom stereocenters. The van der Waals surface area contributed by atoms with Crippen molar-refractivity contribution in [3.05, 3.63) is 36.2 Å². The van der Waals surface area contributed by atoms with E-state index in [9.17, 15) is 36.3 Å². The van der Waals surface area contributed by atoms with Crippen LogP contribution in [0.5, 0.6) is 5.75 Å². The Balaban J connectivity index is 0.00000405. The van der Waals surface area contributed by atoms with Crippen LogP contribution in [0.25, 0.3) is 10.8 Å². The third kappa shape index (κ3) is 6.63. The molecule has 18 heteroatoms. The summed E-state index contributed by atoms with van der Waals surface area (Å²) in [6.07, 6.45) is -1.16. The Morgan fingerprint density at radius 3 is 2.62 bits per heavy atom. The van der Waals surface area contributed by atoms with E-state index in [1.165, 1.54) is 24.5 Å². The number of amides is 1. The molecule has 2 fully saturated rings. The molecule has 0 radical (unpaired) electrons. The number of benzene rings is 1. The highest BCUT2D eigenvalue weighted by atomic mass is 35.5. The number of nitrogens with one attached hydrogen (secondary N) is 1. The van der Waals surface area contributed by atoms with E-state index >= 15 is 0 Å². The van der Waals surface area contributed by atoms with Crippen molar-refractivity contribution in [2.24, 2.45) is 0 Å². The number of hydrogen-bond donors (Lipinski definition) is 3. The number of carboxylic acid groups (broad SMARTS) is 1. The van der Waals surface area contributed by atoms with E-state index in [0.29, 0.717) is 10.5 Å². The molecule has 2 saturated heterocycles. The Morgan fingerprint density at radius 2 is 1.95 bits per heavy atom. The number of nitrogens with two attached hydrogens (primary N) is 1. The Hall–Kier alpha value is -3.41. The van der Waals surface area contributed by atoms with Crippen molar-refractivity contribution in [3.8, 4) is 5.75 Å². The van der Waals surface area contributed by atoms with Crippen LogP contribution < -0.4 is 20.1 Å². The number of pyridine rings is 1. The molecule has 1 aromatic carbocycles. The summed E-state index contributed by atoms with van der Waals surface area (Å²) in [4.78, 5) is 36.4. The SMILES string of the molecule is Cl.Nc1nccc2cc(C[C@H](C(=O)O)N3CC[C@H](NS(=O)(=O)c4cnc(N5CCCC5)s4)C3=O)c(OC(F)(F)F)cc12. The van der Waals surface area contributed by atoms with Crippen LogP contribution in [0, 0.1) is 0 Å². The van der Waals surface area contributed by atoms with Gasteiger partial charge < -0.3 is 25.4 Å². The third-order valence-electron chi connectivity index (χ3n) is 6.93. The van der Waals surface area contributed by atoms with Crippen molar-refractivity contribution >= 4 is 67.4 Å². The number of likely N-dealkylation sites (tertiary alicyclic amines) is 1. The fourth-order valence-electron chi connectivity index (χ4n) is 4.98. The van der Waals surface area contributed by atoms with Crippen LogP contribution in [0.4, 0.5) is 24.1 Å². The van der Waals surface area contributed by atoms with Gasteiger partial charge in [-0.25, -0.2) is 23.2 Å². The average molecular weight is 651 g/mol. The first-order valence-corrected chi connectivity index (χ1v) is 14.8. The fourth-order valence-corrected chi connectivity index (χ4v) is 7.39. The molecule has 4 N–H and O–H groups in total. The van der Waals surface area contributed by atoms with Gasteiger partial charge in [0.25, 0.3) is 10.0 Å². The second-order valence-corrected chi connectivity index (χ2v) is 12.6. The van der Waals surface area contributed by atoms with Gasteiger partial charge in [0.05, 0.1) is 6.20 Å². The second kappa shape index (κ2) is 12.1. The smallest absolute Gasteiger partial charge is 0.480 e. The molecule has 0 bridgehead atoms. The minimum absolute atomic E-state index is 0. The molecule has 3 aromatic rings.